The topological polar surface area (TPSA) is 95.0 Å². The average molecular weight is 461 g/mol. The zero-order chi connectivity index (χ0) is 23.8. The van der Waals surface area contributed by atoms with Crippen LogP contribution in [0.3, 0.4) is 0 Å². The van der Waals surface area contributed by atoms with Crippen LogP contribution in [0.5, 0.6) is 0 Å². The number of carboxylic acid groups (broad SMARTS) is 1. The van der Waals surface area contributed by atoms with E-state index in [9.17, 15) is 24.3 Å². The predicted octanol–water partition coefficient (Wildman–Crippen LogP) is 3.69. The molecule has 1 fully saturated rings. The summed E-state index contributed by atoms with van der Waals surface area (Å²) in [7, 11) is 0. The second-order valence-electron chi connectivity index (χ2n) is 9.43. The maximum Gasteiger partial charge on any atom is 0.307 e. The third-order valence-electron chi connectivity index (χ3n) is 7.60. The van der Waals surface area contributed by atoms with Gasteiger partial charge in [-0.3, -0.25) is 24.1 Å². The molecule has 34 heavy (non-hydrogen) atoms. The second-order valence-corrected chi connectivity index (χ2v) is 9.43. The number of hydrogen-bond donors (Lipinski definition) is 1. The minimum absolute atomic E-state index is 0.117. The number of nitrogens with zero attached hydrogens (tertiary/aromatic N) is 2. The van der Waals surface area contributed by atoms with Gasteiger partial charge in [-0.1, -0.05) is 49.2 Å². The fourth-order valence-electron chi connectivity index (χ4n) is 5.86. The summed E-state index contributed by atoms with van der Waals surface area (Å²) in [5.41, 5.74) is 2.99. The van der Waals surface area contributed by atoms with Crippen molar-refractivity contribution in [3.8, 4) is 0 Å². The molecule has 3 aliphatic rings. The van der Waals surface area contributed by atoms with E-state index >= 15 is 0 Å². The SMILES string of the molecule is O=C(O)[C@@H]1CCCC[C@@H]1C(=O)N1CCc2ccccc2[C@H]1CCN1C(=O)c2ccccc2C1=O. The molecular formula is C27H28N2O5. The van der Waals surface area contributed by atoms with Crippen LogP contribution in [0.1, 0.15) is 70.0 Å². The van der Waals surface area contributed by atoms with Gasteiger partial charge in [-0.05, 0) is 48.9 Å². The van der Waals surface area contributed by atoms with E-state index in [1.54, 1.807) is 24.3 Å². The first kappa shape index (κ1) is 22.3. The van der Waals surface area contributed by atoms with Gasteiger partial charge in [0.15, 0.2) is 0 Å². The number of carboxylic acids is 1. The van der Waals surface area contributed by atoms with Crippen LogP contribution in [-0.2, 0) is 16.0 Å². The number of hydrogen-bond acceptors (Lipinski definition) is 4. The third kappa shape index (κ3) is 3.79. The minimum Gasteiger partial charge on any atom is -0.481 e. The first-order valence-corrected chi connectivity index (χ1v) is 12.0. The van der Waals surface area contributed by atoms with Gasteiger partial charge in [0.1, 0.15) is 0 Å². The Morgan fingerprint density at radius 1 is 0.882 bits per heavy atom. The van der Waals surface area contributed by atoms with Crippen LogP contribution < -0.4 is 0 Å². The van der Waals surface area contributed by atoms with E-state index in [0.29, 0.717) is 43.4 Å². The third-order valence-corrected chi connectivity index (χ3v) is 7.60. The summed E-state index contributed by atoms with van der Waals surface area (Å²) in [6, 6.07) is 14.5. The molecule has 3 amide bonds. The summed E-state index contributed by atoms with van der Waals surface area (Å²) in [5.74, 6) is -2.82. The van der Waals surface area contributed by atoms with Gasteiger partial charge >= 0.3 is 5.97 Å². The molecule has 2 heterocycles. The predicted molar refractivity (Wildman–Crippen MR) is 124 cm³/mol. The van der Waals surface area contributed by atoms with Gasteiger partial charge < -0.3 is 10.0 Å². The maximum absolute atomic E-state index is 13.7. The average Bonchev–Trinajstić information content (AvgIpc) is 3.11. The van der Waals surface area contributed by atoms with Gasteiger partial charge in [-0.15, -0.1) is 0 Å². The van der Waals surface area contributed by atoms with Crippen molar-refractivity contribution in [2.24, 2.45) is 11.8 Å². The van der Waals surface area contributed by atoms with Gasteiger partial charge in [0.2, 0.25) is 5.91 Å². The van der Waals surface area contributed by atoms with Gasteiger partial charge in [0.25, 0.3) is 11.8 Å². The molecule has 0 spiro atoms. The molecule has 7 nitrogen and oxygen atoms in total. The molecule has 1 aliphatic carbocycles. The lowest BCUT2D eigenvalue weighted by Gasteiger charge is -2.41. The number of imide groups is 1. The molecule has 176 valence electrons. The molecule has 7 heteroatoms. The van der Waals surface area contributed by atoms with Crippen molar-refractivity contribution in [1.82, 2.24) is 9.80 Å². The van der Waals surface area contributed by atoms with Gasteiger partial charge in [0.05, 0.1) is 29.0 Å². The zero-order valence-electron chi connectivity index (χ0n) is 19.0. The first-order valence-electron chi connectivity index (χ1n) is 12.0. The summed E-state index contributed by atoms with van der Waals surface area (Å²) in [6.07, 6.45) is 3.90. The standard InChI is InChI=1S/C27H28N2O5/c30-24(21-11-5-6-12-22(21)27(33)34)28-15-13-17-7-1-2-8-18(17)23(28)14-16-29-25(31)19-9-3-4-10-20(19)26(29)32/h1-4,7-10,21-23H,5-6,11-16H2,(H,33,34)/t21-,22+,23+/m0/s1. The molecular weight excluding hydrogens is 432 g/mol. The molecule has 1 saturated carbocycles. The van der Waals surface area contributed by atoms with Crippen molar-refractivity contribution in [3.63, 3.8) is 0 Å². The van der Waals surface area contributed by atoms with Gasteiger partial charge in [-0.25, -0.2) is 0 Å². The van der Waals surface area contributed by atoms with E-state index in [0.717, 1.165) is 24.0 Å². The molecule has 1 N–H and O–H groups in total. The molecule has 5 rings (SSSR count). The monoisotopic (exact) mass is 460 g/mol. The first-order chi connectivity index (χ1) is 16.5. The quantitative estimate of drug-likeness (QED) is 0.687. The Hall–Kier alpha value is -3.48. The number of rotatable bonds is 5. The van der Waals surface area contributed by atoms with Crippen LogP contribution in [-0.4, -0.2) is 51.7 Å². The van der Waals surface area contributed by atoms with Crippen LogP contribution in [0.25, 0.3) is 0 Å². The normalized spacial score (nSPS) is 24.1. The summed E-state index contributed by atoms with van der Waals surface area (Å²) in [5, 5.41) is 9.72. The highest BCUT2D eigenvalue weighted by molar-refractivity contribution is 6.21. The highest BCUT2D eigenvalue weighted by atomic mass is 16.4. The molecule has 0 saturated heterocycles. The Balaban J connectivity index is 1.41. The second kappa shape index (κ2) is 9.05. The Morgan fingerprint density at radius 2 is 1.50 bits per heavy atom. The molecule has 2 aromatic carbocycles. The number of aliphatic carboxylic acids is 1. The van der Waals surface area contributed by atoms with Crippen molar-refractivity contribution >= 4 is 23.7 Å². The lowest BCUT2D eigenvalue weighted by atomic mass is 9.77. The number of benzene rings is 2. The molecule has 0 unspecified atom stereocenters. The number of amides is 3. The van der Waals surface area contributed by atoms with E-state index < -0.39 is 17.8 Å². The summed E-state index contributed by atoms with van der Waals surface area (Å²) in [6.45, 7) is 0.702. The largest absolute Gasteiger partial charge is 0.481 e. The number of carbonyl (C=O) groups is 4. The van der Waals surface area contributed by atoms with E-state index in [-0.39, 0.29) is 30.3 Å². The number of fused-ring (bicyclic) bond motifs is 2. The zero-order valence-corrected chi connectivity index (χ0v) is 19.0. The van der Waals surface area contributed by atoms with Crippen molar-refractivity contribution in [3.05, 3.63) is 70.8 Å². The molecule has 2 aliphatic heterocycles. The Bertz CT molecular complexity index is 1120. The van der Waals surface area contributed by atoms with E-state index in [2.05, 4.69) is 0 Å². The van der Waals surface area contributed by atoms with Gasteiger partial charge in [-0.2, -0.15) is 0 Å². The van der Waals surface area contributed by atoms with Crippen LogP contribution in [0.15, 0.2) is 48.5 Å². The van der Waals surface area contributed by atoms with Crippen molar-refractivity contribution in [1.29, 1.82) is 0 Å². The Morgan fingerprint density at radius 3 is 2.18 bits per heavy atom. The Labute approximate surface area is 198 Å². The smallest absolute Gasteiger partial charge is 0.307 e. The molecule has 0 bridgehead atoms. The van der Waals surface area contributed by atoms with Crippen LogP contribution >= 0.6 is 0 Å². The van der Waals surface area contributed by atoms with Crippen LogP contribution in [0.4, 0.5) is 0 Å². The molecule has 2 aromatic rings. The minimum atomic E-state index is -0.905. The fourth-order valence-corrected chi connectivity index (χ4v) is 5.86. The van der Waals surface area contributed by atoms with Crippen molar-refractivity contribution < 1.29 is 24.3 Å². The number of carbonyl (C=O) groups excluding carboxylic acids is 3. The van der Waals surface area contributed by atoms with E-state index in [1.807, 2.05) is 29.2 Å². The van der Waals surface area contributed by atoms with Gasteiger partial charge in [0, 0.05) is 13.1 Å². The molecule has 0 radical (unpaired) electrons. The highest BCUT2D eigenvalue weighted by Gasteiger charge is 2.42. The maximum atomic E-state index is 13.7. The van der Waals surface area contributed by atoms with Crippen molar-refractivity contribution in [2.75, 3.05) is 13.1 Å². The lowest BCUT2D eigenvalue weighted by molar-refractivity contribution is -0.153. The van der Waals surface area contributed by atoms with Crippen LogP contribution in [0.2, 0.25) is 0 Å². The Kier molecular flexibility index (Phi) is 5.94. The summed E-state index contributed by atoms with van der Waals surface area (Å²) >= 11 is 0. The lowest BCUT2D eigenvalue weighted by Crippen LogP contribution is -2.47. The summed E-state index contributed by atoms with van der Waals surface area (Å²) < 4.78 is 0. The van der Waals surface area contributed by atoms with Crippen LogP contribution in [0, 0.1) is 11.8 Å². The summed E-state index contributed by atoms with van der Waals surface area (Å²) in [4.78, 5) is 54.4. The fraction of sp³-hybridized carbons (Fsp3) is 0.407. The highest BCUT2D eigenvalue weighted by Crippen LogP contribution is 2.38. The molecule has 3 atom stereocenters. The molecule has 0 aromatic heterocycles. The van der Waals surface area contributed by atoms with E-state index in [1.165, 1.54) is 4.90 Å². The van der Waals surface area contributed by atoms with Crippen molar-refractivity contribution in [2.45, 2.75) is 44.6 Å². The van der Waals surface area contributed by atoms with E-state index in [4.69, 9.17) is 0 Å².